The molecule has 1 rings (SSSR count). The van der Waals surface area contributed by atoms with E-state index in [1.165, 1.54) is 0 Å². The summed E-state index contributed by atoms with van der Waals surface area (Å²) in [5.41, 5.74) is 0. The van der Waals surface area contributed by atoms with E-state index in [4.69, 9.17) is 39.5 Å². The van der Waals surface area contributed by atoms with Gasteiger partial charge in [0.2, 0.25) is 0 Å². The Morgan fingerprint density at radius 2 is 1.69 bits per heavy atom. The molecule has 0 aliphatic carbocycles. The number of halogens is 3. The van der Waals surface area contributed by atoms with Gasteiger partial charge in [0.1, 0.15) is 5.75 Å². The predicted molar refractivity (Wildman–Crippen MR) is 56.9 cm³/mol. The SMILES string of the molecule is [CH2]CCOc1cc(Cl)c(Cl)cc1Cl. The molecule has 0 aliphatic heterocycles. The lowest BCUT2D eigenvalue weighted by Crippen LogP contribution is -1.95. The van der Waals surface area contributed by atoms with Gasteiger partial charge in [-0.3, -0.25) is 0 Å². The third kappa shape index (κ3) is 2.94. The predicted octanol–water partition coefficient (Wildman–Crippen LogP) is 4.25. The summed E-state index contributed by atoms with van der Waals surface area (Å²) < 4.78 is 5.28. The fourth-order valence-corrected chi connectivity index (χ4v) is 1.39. The summed E-state index contributed by atoms with van der Waals surface area (Å²) in [5.74, 6) is 0.541. The van der Waals surface area contributed by atoms with Crippen LogP contribution in [-0.2, 0) is 0 Å². The second kappa shape index (κ2) is 4.94. The molecule has 0 fully saturated rings. The molecule has 1 nitrogen and oxygen atoms in total. The molecule has 4 heteroatoms. The summed E-state index contributed by atoms with van der Waals surface area (Å²) >= 11 is 17.4. The van der Waals surface area contributed by atoms with E-state index in [0.717, 1.165) is 0 Å². The van der Waals surface area contributed by atoms with Gasteiger partial charge >= 0.3 is 0 Å². The lowest BCUT2D eigenvalue weighted by atomic mass is 10.3. The molecule has 0 heterocycles. The third-order valence-corrected chi connectivity index (χ3v) is 2.39. The first-order valence-electron chi connectivity index (χ1n) is 3.71. The van der Waals surface area contributed by atoms with Crippen LogP contribution in [0, 0.1) is 6.92 Å². The number of rotatable bonds is 3. The summed E-state index contributed by atoms with van der Waals surface area (Å²) in [6.07, 6.45) is 0.677. The second-order valence-corrected chi connectivity index (χ2v) is 3.62. The van der Waals surface area contributed by atoms with E-state index < -0.39 is 0 Å². The van der Waals surface area contributed by atoms with Crippen molar-refractivity contribution in [2.75, 3.05) is 6.61 Å². The van der Waals surface area contributed by atoms with Gasteiger partial charge in [0.15, 0.2) is 0 Å². The lowest BCUT2D eigenvalue weighted by molar-refractivity contribution is 0.324. The Hall–Kier alpha value is -0.110. The summed E-state index contributed by atoms with van der Waals surface area (Å²) in [6.45, 7) is 4.15. The molecule has 13 heavy (non-hydrogen) atoms. The fraction of sp³-hybridized carbons (Fsp3) is 0.222. The van der Waals surface area contributed by atoms with Crippen LogP contribution in [0.15, 0.2) is 12.1 Å². The van der Waals surface area contributed by atoms with Crippen molar-refractivity contribution in [1.29, 1.82) is 0 Å². The molecule has 0 saturated heterocycles. The number of hydrogen-bond donors (Lipinski definition) is 0. The van der Waals surface area contributed by atoms with Gasteiger partial charge in [0, 0.05) is 6.07 Å². The lowest BCUT2D eigenvalue weighted by Gasteiger charge is -2.07. The highest BCUT2D eigenvalue weighted by atomic mass is 35.5. The van der Waals surface area contributed by atoms with E-state index in [1.807, 2.05) is 0 Å². The second-order valence-electron chi connectivity index (χ2n) is 2.40. The Morgan fingerprint density at radius 1 is 1.08 bits per heavy atom. The minimum atomic E-state index is 0.425. The van der Waals surface area contributed by atoms with Crippen LogP contribution in [0.3, 0.4) is 0 Å². The van der Waals surface area contributed by atoms with Crippen LogP contribution in [0.25, 0.3) is 0 Å². The normalized spacial score (nSPS) is 10.2. The summed E-state index contributed by atoms with van der Waals surface area (Å²) in [6, 6.07) is 3.16. The van der Waals surface area contributed by atoms with E-state index >= 15 is 0 Å². The largest absolute Gasteiger partial charge is 0.492 e. The van der Waals surface area contributed by atoms with Crippen molar-refractivity contribution in [1.82, 2.24) is 0 Å². The zero-order valence-corrected chi connectivity index (χ0v) is 9.09. The van der Waals surface area contributed by atoms with Crippen LogP contribution in [0.4, 0.5) is 0 Å². The Bertz CT molecular complexity index is 299. The van der Waals surface area contributed by atoms with Crippen LogP contribution in [0.5, 0.6) is 5.75 Å². The van der Waals surface area contributed by atoms with Gasteiger partial charge in [-0.15, -0.1) is 0 Å². The Labute approximate surface area is 92.5 Å². The van der Waals surface area contributed by atoms with Gasteiger partial charge in [-0.05, 0) is 19.4 Å². The molecule has 0 saturated carbocycles. The smallest absolute Gasteiger partial charge is 0.139 e. The average molecular weight is 239 g/mol. The molecule has 1 radical (unpaired) electrons. The van der Waals surface area contributed by atoms with Crippen LogP contribution in [-0.4, -0.2) is 6.61 Å². The summed E-state index contributed by atoms with van der Waals surface area (Å²) in [5, 5.41) is 1.32. The van der Waals surface area contributed by atoms with Crippen LogP contribution in [0.1, 0.15) is 6.42 Å². The number of ether oxygens (including phenoxy) is 1. The minimum absolute atomic E-state index is 0.425. The standard InChI is InChI=1S/C9H8Cl3O/c1-2-3-13-9-5-7(11)6(10)4-8(9)12/h4-5H,1-3H2. The molecular formula is C9H8Cl3O. The highest BCUT2D eigenvalue weighted by Gasteiger charge is 2.06. The van der Waals surface area contributed by atoms with Crippen molar-refractivity contribution in [2.45, 2.75) is 6.42 Å². The van der Waals surface area contributed by atoms with Crippen molar-refractivity contribution in [3.8, 4) is 5.75 Å². The maximum absolute atomic E-state index is 5.85. The van der Waals surface area contributed by atoms with Gasteiger partial charge in [0.25, 0.3) is 0 Å². The molecule has 1 aromatic rings. The topological polar surface area (TPSA) is 9.23 Å². The minimum Gasteiger partial charge on any atom is -0.492 e. The monoisotopic (exact) mass is 237 g/mol. The highest BCUT2D eigenvalue weighted by Crippen LogP contribution is 2.33. The van der Waals surface area contributed by atoms with Gasteiger partial charge in [0.05, 0.1) is 21.7 Å². The van der Waals surface area contributed by atoms with Crippen molar-refractivity contribution < 1.29 is 4.74 Å². The average Bonchev–Trinajstić information content (AvgIpc) is 2.09. The first-order chi connectivity index (χ1) is 6.15. The fourth-order valence-electron chi connectivity index (χ4n) is 0.797. The number of benzene rings is 1. The zero-order valence-electron chi connectivity index (χ0n) is 6.82. The Morgan fingerprint density at radius 3 is 2.31 bits per heavy atom. The van der Waals surface area contributed by atoms with Crippen LogP contribution in [0.2, 0.25) is 15.1 Å². The summed E-state index contributed by atoms with van der Waals surface area (Å²) in [7, 11) is 0. The van der Waals surface area contributed by atoms with E-state index in [2.05, 4.69) is 6.92 Å². The molecule has 0 amide bonds. The van der Waals surface area contributed by atoms with Gasteiger partial charge in [-0.25, -0.2) is 0 Å². The molecule has 0 aliphatic rings. The first kappa shape index (κ1) is 11.0. The Kier molecular flexibility index (Phi) is 4.17. The van der Waals surface area contributed by atoms with Gasteiger partial charge in [-0.2, -0.15) is 0 Å². The quantitative estimate of drug-likeness (QED) is 0.715. The van der Waals surface area contributed by atoms with E-state index in [-0.39, 0.29) is 0 Å². The van der Waals surface area contributed by atoms with Crippen molar-refractivity contribution >= 4 is 34.8 Å². The number of hydrogen-bond acceptors (Lipinski definition) is 1. The van der Waals surface area contributed by atoms with E-state index in [1.54, 1.807) is 12.1 Å². The maximum Gasteiger partial charge on any atom is 0.139 e. The maximum atomic E-state index is 5.85. The van der Waals surface area contributed by atoms with E-state index in [0.29, 0.717) is 33.8 Å². The molecule has 1 aromatic carbocycles. The van der Waals surface area contributed by atoms with Crippen LogP contribution >= 0.6 is 34.8 Å². The van der Waals surface area contributed by atoms with E-state index in [9.17, 15) is 0 Å². The molecule has 0 N–H and O–H groups in total. The molecule has 0 spiro atoms. The highest BCUT2D eigenvalue weighted by molar-refractivity contribution is 6.43. The molecule has 0 unspecified atom stereocenters. The van der Waals surface area contributed by atoms with Crippen molar-refractivity contribution in [3.63, 3.8) is 0 Å². The molecule has 71 valence electrons. The first-order valence-corrected chi connectivity index (χ1v) is 4.85. The zero-order chi connectivity index (χ0) is 9.84. The third-order valence-electron chi connectivity index (χ3n) is 1.38. The Balaban J connectivity index is 2.88. The van der Waals surface area contributed by atoms with Crippen molar-refractivity contribution in [3.05, 3.63) is 34.1 Å². The van der Waals surface area contributed by atoms with Gasteiger partial charge in [-0.1, -0.05) is 34.8 Å². The molecule has 0 aromatic heterocycles. The molecule has 0 atom stereocenters. The molecular weight excluding hydrogens is 230 g/mol. The van der Waals surface area contributed by atoms with Crippen LogP contribution < -0.4 is 4.74 Å². The van der Waals surface area contributed by atoms with Gasteiger partial charge < -0.3 is 4.74 Å². The molecule has 0 bridgehead atoms. The summed E-state index contributed by atoms with van der Waals surface area (Å²) in [4.78, 5) is 0. The van der Waals surface area contributed by atoms with Crippen molar-refractivity contribution in [2.24, 2.45) is 0 Å².